The number of hydrogen-bond acceptors (Lipinski definition) is 3. The predicted octanol–water partition coefficient (Wildman–Crippen LogP) is 2.58. The molecule has 1 saturated heterocycles. The summed E-state index contributed by atoms with van der Waals surface area (Å²) in [7, 11) is 4.20. The van der Waals surface area contributed by atoms with Crippen molar-refractivity contribution in [2.75, 3.05) is 32.1 Å². The average molecular weight is 295 g/mol. The van der Waals surface area contributed by atoms with Gasteiger partial charge in [0.15, 0.2) is 0 Å². The fraction of sp³-hybridized carbons (Fsp3) is 0.400. The van der Waals surface area contributed by atoms with Crippen LogP contribution in [0.1, 0.15) is 12.0 Å². The van der Waals surface area contributed by atoms with Crippen LogP contribution in [0.15, 0.2) is 24.3 Å². The summed E-state index contributed by atoms with van der Waals surface area (Å²) >= 11 is 6.21. The van der Waals surface area contributed by atoms with Crippen LogP contribution in [0.3, 0.4) is 0 Å². The molecule has 1 aliphatic heterocycles. The number of aliphatic carboxylic acids is 1. The van der Waals surface area contributed by atoms with Crippen molar-refractivity contribution in [3.05, 3.63) is 34.9 Å². The van der Waals surface area contributed by atoms with E-state index in [4.69, 9.17) is 16.7 Å². The van der Waals surface area contributed by atoms with E-state index < -0.39 is 5.97 Å². The van der Waals surface area contributed by atoms with Crippen LogP contribution in [-0.4, -0.2) is 49.2 Å². The summed E-state index contributed by atoms with van der Waals surface area (Å²) in [5, 5.41) is 9.21. The number of hydrogen-bond donors (Lipinski definition) is 1. The number of nitrogens with zero attached hydrogens (tertiary/aromatic N) is 2. The largest absolute Gasteiger partial charge is 0.478 e. The summed E-state index contributed by atoms with van der Waals surface area (Å²) < 4.78 is 0. The van der Waals surface area contributed by atoms with E-state index in [2.05, 4.69) is 23.9 Å². The molecular weight excluding hydrogens is 276 g/mol. The maximum absolute atomic E-state index is 10.5. The molecule has 4 nitrogen and oxygen atoms in total. The Kier molecular flexibility index (Phi) is 4.68. The quantitative estimate of drug-likeness (QED) is 0.867. The average Bonchev–Trinajstić information content (AvgIpc) is 2.86. The van der Waals surface area contributed by atoms with E-state index in [1.54, 1.807) is 0 Å². The Morgan fingerprint density at radius 3 is 2.80 bits per heavy atom. The van der Waals surface area contributed by atoms with E-state index in [1.165, 1.54) is 6.08 Å². The van der Waals surface area contributed by atoms with Gasteiger partial charge in [-0.1, -0.05) is 17.7 Å². The Morgan fingerprint density at radius 2 is 2.25 bits per heavy atom. The molecule has 0 amide bonds. The molecule has 0 radical (unpaired) electrons. The molecule has 20 heavy (non-hydrogen) atoms. The number of likely N-dealkylation sites (N-methyl/N-ethyl adjacent to an activating group) is 1. The van der Waals surface area contributed by atoms with Gasteiger partial charge in [0.25, 0.3) is 0 Å². The summed E-state index contributed by atoms with van der Waals surface area (Å²) in [5.74, 6) is -0.974. The fourth-order valence-corrected chi connectivity index (χ4v) is 2.64. The number of rotatable bonds is 4. The van der Waals surface area contributed by atoms with Gasteiger partial charge in [-0.25, -0.2) is 4.79 Å². The fourth-order valence-electron chi connectivity index (χ4n) is 2.41. The monoisotopic (exact) mass is 294 g/mol. The molecule has 0 saturated carbocycles. The Morgan fingerprint density at radius 1 is 1.50 bits per heavy atom. The summed E-state index contributed by atoms with van der Waals surface area (Å²) in [5.41, 5.74) is 1.81. The van der Waals surface area contributed by atoms with Crippen LogP contribution >= 0.6 is 11.6 Å². The molecule has 0 aromatic heterocycles. The Labute approximate surface area is 124 Å². The van der Waals surface area contributed by atoms with E-state index in [0.29, 0.717) is 11.1 Å². The lowest BCUT2D eigenvalue weighted by atomic mass is 10.2. The molecule has 0 bridgehead atoms. The molecule has 1 unspecified atom stereocenters. The molecule has 1 aliphatic rings. The second-order valence-corrected chi connectivity index (χ2v) is 5.64. The zero-order valence-corrected chi connectivity index (χ0v) is 12.5. The highest BCUT2D eigenvalue weighted by atomic mass is 35.5. The van der Waals surface area contributed by atoms with Gasteiger partial charge in [-0.2, -0.15) is 0 Å². The second kappa shape index (κ2) is 6.29. The smallest absolute Gasteiger partial charge is 0.328 e. The standard InChI is InChI=1S/C15H19ClN2O2/c1-17(2)13-7-8-18(10-13)12-5-3-11(14(16)9-12)4-6-15(19)20/h3-6,9,13H,7-8,10H2,1-2H3,(H,19,20)/b6-4+. The minimum Gasteiger partial charge on any atom is -0.478 e. The normalized spacial score (nSPS) is 19.2. The van der Waals surface area contributed by atoms with Crippen molar-refractivity contribution in [2.45, 2.75) is 12.5 Å². The van der Waals surface area contributed by atoms with Crippen molar-refractivity contribution in [2.24, 2.45) is 0 Å². The number of carboxylic acid groups (broad SMARTS) is 1. The molecule has 1 aromatic rings. The van der Waals surface area contributed by atoms with Crippen molar-refractivity contribution in [1.29, 1.82) is 0 Å². The van der Waals surface area contributed by atoms with Crippen LogP contribution in [0.2, 0.25) is 5.02 Å². The van der Waals surface area contributed by atoms with Crippen LogP contribution in [0.5, 0.6) is 0 Å². The first-order chi connectivity index (χ1) is 9.47. The highest BCUT2D eigenvalue weighted by Crippen LogP contribution is 2.27. The number of benzene rings is 1. The molecule has 1 atom stereocenters. The summed E-state index contributed by atoms with van der Waals surface area (Å²) in [6, 6.07) is 6.33. The number of halogens is 1. The minimum absolute atomic E-state index is 0.570. The molecule has 1 N–H and O–H groups in total. The Bertz CT molecular complexity index is 529. The molecule has 1 heterocycles. The molecular formula is C15H19ClN2O2. The van der Waals surface area contributed by atoms with Gasteiger partial charge >= 0.3 is 5.97 Å². The Balaban J connectivity index is 2.12. The molecule has 0 spiro atoms. The lowest BCUT2D eigenvalue weighted by Crippen LogP contribution is -2.31. The first-order valence-electron chi connectivity index (χ1n) is 6.59. The van der Waals surface area contributed by atoms with Gasteiger partial charge in [0.05, 0.1) is 0 Å². The highest BCUT2D eigenvalue weighted by Gasteiger charge is 2.24. The lowest BCUT2D eigenvalue weighted by Gasteiger charge is -2.22. The van der Waals surface area contributed by atoms with Crippen molar-refractivity contribution in [3.63, 3.8) is 0 Å². The predicted molar refractivity (Wildman–Crippen MR) is 82.4 cm³/mol. The number of carboxylic acids is 1. The lowest BCUT2D eigenvalue weighted by molar-refractivity contribution is -0.131. The van der Waals surface area contributed by atoms with Gasteiger partial charge in [-0.05, 0) is 44.3 Å². The van der Waals surface area contributed by atoms with E-state index in [9.17, 15) is 4.79 Å². The van der Waals surface area contributed by atoms with Crippen molar-refractivity contribution in [1.82, 2.24) is 4.90 Å². The van der Waals surface area contributed by atoms with Crippen molar-refractivity contribution >= 4 is 29.3 Å². The van der Waals surface area contributed by atoms with Gasteiger partial charge in [-0.15, -0.1) is 0 Å². The third-order valence-corrected chi connectivity index (χ3v) is 3.98. The zero-order valence-electron chi connectivity index (χ0n) is 11.7. The third kappa shape index (κ3) is 3.52. The summed E-state index contributed by atoms with van der Waals surface area (Å²) in [6.45, 7) is 2.01. The molecule has 1 aromatic carbocycles. The van der Waals surface area contributed by atoms with Crippen LogP contribution in [0.25, 0.3) is 6.08 Å². The van der Waals surface area contributed by atoms with E-state index >= 15 is 0 Å². The Hall–Kier alpha value is -1.52. The molecule has 0 aliphatic carbocycles. The van der Waals surface area contributed by atoms with E-state index in [1.807, 2.05) is 18.2 Å². The van der Waals surface area contributed by atoms with Gasteiger partial charge in [0, 0.05) is 35.9 Å². The first-order valence-corrected chi connectivity index (χ1v) is 6.97. The highest BCUT2D eigenvalue weighted by molar-refractivity contribution is 6.32. The van der Waals surface area contributed by atoms with Gasteiger partial charge in [0.2, 0.25) is 0 Å². The second-order valence-electron chi connectivity index (χ2n) is 5.23. The van der Waals surface area contributed by atoms with E-state index in [0.717, 1.165) is 36.8 Å². The maximum Gasteiger partial charge on any atom is 0.328 e. The SMILES string of the molecule is CN(C)C1CCN(c2ccc(/C=C/C(=O)O)c(Cl)c2)C1. The van der Waals surface area contributed by atoms with Gasteiger partial charge in [-0.3, -0.25) is 0 Å². The molecule has 1 fully saturated rings. The molecule has 2 rings (SSSR count). The first kappa shape index (κ1) is 14.9. The summed E-state index contributed by atoms with van der Waals surface area (Å²) in [6.07, 6.45) is 3.76. The number of anilines is 1. The minimum atomic E-state index is -0.974. The number of carbonyl (C=O) groups is 1. The maximum atomic E-state index is 10.5. The third-order valence-electron chi connectivity index (χ3n) is 3.65. The zero-order chi connectivity index (χ0) is 14.7. The molecule has 5 heteroatoms. The van der Waals surface area contributed by atoms with Crippen molar-refractivity contribution < 1.29 is 9.90 Å². The van der Waals surface area contributed by atoms with Gasteiger partial charge in [0.1, 0.15) is 0 Å². The van der Waals surface area contributed by atoms with Crippen LogP contribution in [0, 0.1) is 0 Å². The van der Waals surface area contributed by atoms with Gasteiger partial charge < -0.3 is 14.9 Å². The van der Waals surface area contributed by atoms with E-state index in [-0.39, 0.29) is 0 Å². The van der Waals surface area contributed by atoms with Crippen LogP contribution in [-0.2, 0) is 4.79 Å². The van der Waals surface area contributed by atoms with Crippen molar-refractivity contribution in [3.8, 4) is 0 Å². The van der Waals surface area contributed by atoms with Crippen LogP contribution in [0.4, 0.5) is 5.69 Å². The van der Waals surface area contributed by atoms with Crippen LogP contribution < -0.4 is 4.90 Å². The summed E-state index contributed by atoms with van der Waals surface area (Å²) in [4.78, 5) is 15.1. The molecule has 108 valence electrons. The topological polar surface area (TPSA) is 43.8 Å².